The van der Waals surface area contributed by atoms with E-state index in [2.05, 4.69) is 22.8 Å². The van der Waals surface area contributed by atoms with E-state index < -0.39 is 0 Å². The van der Waals surface area contributed by atoms with Crippen LogP contribution in [0.4, 0.5) is 0 Å². The summed E-state index contributed by atoms with van der Waals surface area (Å²) in [6.45, 7) is 0.605. The van der Waals surface area contributed by atoms with Crippen molar-refractivity contribution >= 4 is 10.9 Å². The van der Waals surface area contributed by atoms with Crippen molar-refractivity contribution < 1.29 is 4.74 Å². The van der Waals surface area contributed by atoms with Crippen LogP contribution in [-0.4, -0.2) is 11.7 Å². The first kappa shape index (κ1) is 9.73. The van der Waals surface area contributed by atoms with Crippen molar-refractivity contribution in [2.45, 2.75) is 25.4 Å². The molecule has 3 heteroatoms. The fraction of sp³-hybridized carbons (Fsp3) is 0.385. The number of hydrogen-bond donors (Lipinski definition) is 1. The number of fused-ring (bicyclic) bond motifs is 1. The molecular formula is C13H16N2O. The molecule has 1 aliphatic carbocycles. The van der Waals surface area contributed by atoms with Gasteiger partial charge in [-0.05, 0) is 31.0 Å². The lowest BCUT2D eigenvalue weighted by Crippen LogP contribution is -2.05. The summed E-state index contributed by atoms with van der Waals surface area (Å²) in [6, 6.07) is 9.05. The van der Waals surface area contributed by atoms with Gasteiger partial charge in [-0.1, -0.05) is 0 Å². The number of nitrogens with two attached hydrogens (primary N) is 1. The van der Waals surface area contributed by atoms with Gasteiger partial charge in [-0.2, -0.15) is 0 Å². The first-order valence-electron chi connectivity index (χ1n) is 5.71. The first-order chi connectivity index (χ1) is 7.83. The van der Waals surface area contributed by atoms with Crippen molar-refractivity contribution in [1.82, 2.24) is 4.57 Å². The van der Waals surface area contributed by atoms with Crippen LogP contribution in [0.1, 0.15) is 24.6 Å². The van der Waals surface area contributed by atoms with Crippen molar-refractivity contribution in [2.24, 2.45) is 5.73 Å². The number of rotatable bonds is 3. The van der Waals surface area contributed by atoms with E-state index in [1.54, 1.807) is 7.11 Å². The lowest BCUT2D eigenvalue weighted by molar-refractivity contribution is 0.415. The molecule has 1 aliphatic rings. The first-order valence-corrected chi connectivity index (χ1v) is 5.71. The van der Waals surface area contributed by atoms with E-state index in [-0.39, 0.29) is 0 Å². The average molecular weight is 216 g/mol. The van der Waals surface area contributed by atoms with Gasteiger partial charge in [0, 0.05) is 29.7 Å². The van der Waals surface area contributed by atoms with Gasteiger partial charge in [-0.3, -0.25) is 0 Å². The topological polar surface area (TPSA) is 40.2 Å². The Hall–Kier alpha value is -1.48. The van der Waals surface area contributed by atoms with Crippen LogP contribution >= 0.6 is 0 Å². The molecule has 0 atom stereocenters. The Balaban J connectivity index is 2.24. The maximum Gasteiger partial charge on any atom is 0.120 e. The number of nitrogens with zero attached hydrogens (tertiary/aromatic N) is 1. The molecule has 1 heterocycles. The van der Waals surface area contributed by atoms with Gasteiger partial charge in [0.25, 0.3) is 0 Å². The SMILES string of the molecule is COc1ccc2cc(CN)n(C3CC3)c2c1. The van der Waals surface area contributed by atoms with E-state index in [4.69, 9.17) is 10.5 Å². The second-order valence-corrected chi connectivity index (χ2v) is 4.37. The van der Waals surface area contributed by atoms with Crippen LogP contribution in [0.5, 0.6) is 5.75 Å². The fourth-order valence-electron chi connectivity index (χ4n) is 2.31. The highest BCUT2D eigenvalue weighted by Gasteiger charge is 2.26. The highest BCUT2D eigenvalue weighted by Crippen LogP contribution is 2.40. The molecule has 0 radical (unpaired) electrons. The predicted molar refractivity (Wildman–Crippen MR) is 64.7 cm³/mol. The molecule has 0 saturated heterocycles. The minimum atomic E-state index is 0.605. The predicted octanol–water partition coefficient (Wildman–Crippen LogP) is 2.44. The van der Waals surface area contributed by atoms with Crippen molar-refractivity contribution in [3.05, 3.63) is 30.0 Å². The Kier molecular flexibility index (Phi) is 2.14. The lowest BCUT2D eigenvalue weighted by Gasteiger charge is -2.08. The summed E-state index contributed by atoms with van der Waals surface area (Å²) in [5.74, 6) is 0.913. The number of benzene rings is 1. The maximum atomic E-state index is 5.80. The van der Waals surface area contributed by atoms with Gasteiger partial charge in [0.15, 0.2) is 0 Å². The molecule has 2 aromatic rings. The van der Waals surface area contributed by atoms with Gasteiger partial charge < -0.3 is 15.0 Å². The third-order valence-corrected chi connectivity index (χ3v) is 3.25. The van der Waals surface area contributed by atoms with Crippen molar-refractivity contribution in [1.29, 1.82) is 0 Å². The molecule has 1 aromatic heterocycles. The Morgan fingerprint density at radius 2 is 2.19 bits per heavy atom. The molecule has 1 saturated carbocycles. The van der Waals surface area contributed by atoms with Crippen LogP contribution in [0.25, 0.3) is 10.9 Å². The third kappa shape index (κ3) is 1.39. The maximum absolute atomic E-state index is 5.80. The van der Waals surface area contributed by atoms with Crippen LogP contribution in [0, 0.1) is 0 Å². The minimum absolute atomic E-state index is 0.605. The van der Waals surface area contributed by atoms with E-state index in [0.717, 1.165) is 5.75 Å². The highest BCUT2D eigenvalue weighted by atomic mass is 16.5. The molecule has 0 amide bonds. The van der Waals surface area contributed by atoms with E-state index in [1.807, 2.05) is 6.07 Å². The van der Waals surface area contributed by atoms with E-state index in [9.17, 15) is 0 Å². The molecule has 1 fully saturated rings. The molecule has 0 spiro atoms. The molecule has 0 aliphatic heterocycles. The van der Waals surface area contributed by atoms with Crippen LogP contribution < -0.4 is 10.5 Å². The molecule has 0 unspecified atom stereocenters. The zero-order valence-corrected chi connectivity index (χ0v) is 9.44. The molecule has 3 nitrogen and oxygen atoms in total. The lowest BCUT2D eigenvalue weighted by atomic mass is 10.2. The summed E-state index contributed by atoms with van der Waals surface area (Å²) in [7, 11) is 1.70. The van der Waals surface area contributed by atoms with Gasteiger partial charge in [-0.15, -0.1) is 0 Å². The standard InChI is InChI=1S/C13H16N2O/c1-16-12-5-2-9-6-11(8-14)15(10-3-4-10)13(9)7-12/h2,5-7,10H,3-4,8,14H2,1H3. The Morgan fingerprint density at radius 1 is 1.38 bits per heavy atom. The molecule has 16 heavy (non-hydrogen) atoms. The molecule has 84 valence electrons. The minimum Gasteiger partial charge on any atom is -0.497 e. The molecule has 0 bridgehead atoms. The van der Waals surface area contributed by atoms with Crippen LogP contribution in [0.3, 0.4) is 0 Å². The van der Waals surface area contributed by atoms with Gasteiger partial charge >= 0.3 is 0 Å². The zero-order chi connectivity index (χ0) is 11.1. The van der Waals surface area contributed by atoms with E-state index >= 15 is 0 Å². The second-order valence-electron chi connectivity index (χ2n) is 4.37. The number of aromatic nitrogens is 1. The van der Waals surface area contributed by atoms with E-state index in [1.165, 1.54) is 29.4 Å². The highest BCUT2D eigenvalue weighted by molar-refractivity contribution is 5.83. The summed E-state index contributed by atoms with van der Waals surface area (Å²) in [4.78, 5) is 0. The smallest absolute Gasteiger partial charge is 0.120 e. The Labute approximate surface area is 94.8 Å². The quantitative estimate of drug-likeness (QED) is 0.856. The third-order valence-electron chi connectivity index (χ3n) is 3.25. The second kappa shape index (κ2) is 3.52. The van der Waals surface area contributed by atoms with Crippen molar-refractivity contribution in [3.63, 3.8) is 0 Å². The molecule has 3 rings (SSSR count). The summed E-state index contributed by atoms with van der Waals surface area (Å²) >= 11 is 0. The summed E-state index contributed by atoms with van der Waals surface area (Å²) in [5, 5.41) is 1.26. The summed E-state index contributed by atoms with van der Waals surface area (Å²) in [6.07, 6.45) is 2.54. The summed E-state index contributed by atoms with van der Waals surface area (Å²) in [5.41, 5.74) is 8.28. The Morgan fingerprint density at radius 3 is 2.81 bits per heavy atom. The van der Waals surface area contributed by atoms with Crippen LogP contribution in [0.2, 0.25) is 0 Å². The summed E-state index contributed by atoms with van der Waals surface area (Å²) < 4.78 is 7.65. The normalized spacial score (nSPS) is 15.6. The molecular weight excluding hydrogens is 200 g/mol. The monoisotopic (exact) mass is 216 g/mol. The van der Waals surface area contributed by atoms with Crippen LogP contribution in [-0.2, 0) is 6.54 Å². The van der Waals surface area contributed by atoms with Gasteiger partial charge in [0.2, 0.25) is 0 Å². The largest absolute Gasteiger partial charge is 0.497 e. The van der Waals surface area contributed by atoms with Crippen molar-refractivity contribution in [3.8, 4) is 5.75 Å². The fourth-order valence-corrected chi connectivity index (χ4v) is 2.31. The van der Waals surface area contributed by atoms with Crippen LogP contribution in [0.15, 0.2) is 24.3 Å². The van der Waals surface area contributed by atoms with Gasteiger partial charge in [-0.25, -0.2) is 0 Å². The number of methoxy groups -OCH3 is 1. The molecule has 2 N–H and O–H groups in total. The van der Waals surface area contributed by atoms with E-state index in [0.29, 0.717) is 12.6 Å². The Bertz CT molecular complexity index is 526. The van der Waals surface area contributed by atoms with Crippen molar-refractivity contribution in [2.75, 3.05) is 7.11 Å². The van der Waals surface area contributed by atoms with Gasteiger partial charge in [0.1, 0.15) is 5.75 Å². The average Bonchev–Trinajstić information content (AvgIpc) is 3.09. The zero-order valence-electron chi connectivity index (χ0n) is 9.44. The number of hydrogen-bond acceptors (Lipinski definition) is 2. The number of ether oxygens (including phenoxy) is 1. The molecule has 1 aromatic carbocycles. The van der Waals surface area contributed by atoms with Gasteiger partial charge in [0.05, 0.1) is 12.6 Å².